The summed E-state index contributed by atoms with van der Waals surface area (Å²) in [7, 11) is 0. The Morgan fingerprint density at radius 1 is 1.11 bits per heavy atom. The van der Waals surface area contributed by atoms with Crippen molar-refractivity contribution in [3.05, 3.63) is 63.9 Å². The highest BCUT2D eigenvalue weighted by molar-refractivity contribution is 9.10. The second-order valence-electron chi connectivity index (χ2n) is 3.68. The Hall–Kier alpha value is -1.82. The van der Waals surface area contributed by atoms with Crippen molar-refractivity contribution >= 4 is 27.5 Å². The van der Waals surface area contributed by atoms with E-state index >= 15 is 0 Å². The monoisotopic (exact) mass is 329 g/mol. The summed E-state index contributed by atoms with van der Waals surface area (Å²) in [5.74, 6) is -3.39. The summed E-state index contributed by atoms with van der Waals surface area (Å²) < 4.78 is 39.5. The molecule has 0 unspecified atom stereocenters. The molecule has 0 spiro atoms. The predicted molar refractivity (Wildman–Crippen MR) is 68.4 cm³/mol. The van der Waals surface area contributed by atoms with Crippen molar-refractivity contribution in [3.63, 3.8) is 0 Å². The van der Waals surface area contributed by atoms with Crippen LogP contribution in [0.4, 0.5) is 18.9 Å². The van der Waals surface area contributed by atoms with E-state index in [-0.39, 0.29) is 15.7 Å². The van der Waals surface area contributed by atoms with E-state index < -0.39 is 23.4 Å². The van der Waals surface area contributed by atoms with Gasteiger partial charge in [-0.15, -0.1) is 0 Å². The first-order valence-corrected chi connectivity index (χ1v) is 5.99. The summed E-state index contributed by atoms with van der Waals surface area (Å²) in [6, 6.07) is 6.89. The van der Waals surface area contributed by atoms with Gasteiger partial charge in [0.25, 0.3) is 5.91 Å². The minimum Gasteiger partial charge on any atom is -0.319 e. The average molecular weight is 330 g/mol. The van der Waals surface area contributed by atoms with Gasteiger partial charge >= 0.3 is 0 Å². The summed E-state index contributed by atoms with van der Waals surface area (Å²) in [4.78, 5) is 11.9. The Balaban J connectivity index is 2.28. The maximum Gasteiger partial charge on any atom is 0.256 e. The zero-order valence-corrected chi connectivity index (χ0v) is 11.0. The lowest BCUT2D eigenvalue weighted by molar-refractivity contribution is 0.102. The largest absolute Gasteiger partial charge is 0.319 e. The van der Waals surface area contributed by atoms with Gasteiger partial charge in [0.1, 0.15) is 5.82 Å². The smallest absolute Gasteiger partial charge is 0.256 e. The molecule has 2 aromatic rings. The lowest BCUT2D eigenvalue weighted by atomic mass is 10.2. The molecule has 0 atom stereocenters. The van der Waals surface area contributed by atoms with Gasteiger partial charge in [0, 0.05) is 4.47 Å². The van der Waals surface area contributed by atoms with Crippen molar-refractivity contribution in [1.82, 2.24) is 0 Å². The number of amides is 1. The van der Waals surface area contributed by atoms with E-state index in [0.717, 1.165) is 18.2 Å². The molecule has 0 aromatic heterocycles. The van der Waals surface area contributed by atoms with Crippen LogP contribution in [-0.2, 0) is 0 Å². The zero-order valence-electron chi connectivity index (χ0n) is 9.38. The van der Waals surface area contributed by atoms with Crippen LogP contribution in [0.1, 0.15) is 10.4 Å². The van der Waals surface area contributed by atoms with Gasteiger partial charge in [0.05, 0.1) is 11.3 Å². The van der Waals surface area contributed by atoms with E-state index in [9.17, 15) is 18.0 Å². The molecule has 19 heavy (non-hydrogen) atoms. The summed E-state index contributed by atoms with van der Waals surface area (Å²) in [5, 5.41) is 2.22. The topological polar surface area (TPSA) is 29.1 Å². The van der Waals surface area contributed by atoms with Crippen LogP contribution in [0.15, 0.2) is 40.9 Å². The molecule has 1 N–H and O–H groups in total. The van der Waals surface area contributed by atoms with Crippen molar-refractivity contribution in [2.75, 3.05) is 5.32 Å². The molecule has 0 saturated heterocycles. The van der Waals surface area contributed by atoms with Gasteiger partial charge in [-0.1, -0.05) is 6.07 Å². The number of hydrogen-bond acceptors (Lipinski definition) is 1. The van der Waals surface area contributed by atoms with Crippen molar-refractivity contribution < 1.29 is 18.0 Å². The van der Waals surface area contributed by atoms with Crippen LogP contribution in [0.2, 0.25) is 0 Å². The van der Waals surface area contributed by atoms with Gasteiger partial charge < -0.3 is 5.32 Å². The number of benzene rings is 2. The highest BCUT2D eigenvalue weighted by atomic mass is 79.9. The van der Waals surface area contributed by atoms with Crippen molar-refractivity contribution in [1.29, 1.82) is 0 Å². The number of rotatable bonds is 2. The molecule has 0 radical (unpaired) electrons. The van der Waals surface area contributed by atoms with E-state index in [1.807, 2.05) is 0 Å². The molecule has 0 heterocycles. The summed E-state index contributed by atoms with van der Waals surface area (Å²) in [5.41, 5.74) is -0.161. The molecule has 2 rings (SSSR count). The van der Waals surface area contributed by atoms with E-state index in [1.54, 1.807) is 0 Å². The SMILES string of the molecule is O=C(Nc1cccc(F)c1F)c1ccc(F)cc1Br. The first kappa shape index (κ1) is 13.6. The van der Waals surface area contributed by atoms with Crippen molar-refractivity contribution in [2.24, 2.45) is 0 Å². The number of carbonyl (C=O) groups excluding carboxylic acids is 1. The first-order chi connectivity index (χ1) is 8.99. The third-order valence-electron chi connectivity index (χ3n) is 2.38. The average Bonchev–Trinajstić information content (AvgIpc) is 2.34. The Morgan fingerprint density at radius 2 is 1.84 bits per heavy atom. The molecular formula is C13H7BrF3NO. The second-order valence-corrected chi connectivity index (χ2v) is 4.53. The molecule has 0 aliphatic carbocycles. The third-order valence-corrected chi connectivity index (χ3v) is 3.03. The minimum atomic E-state index is -1.14. The number of carbonyl (C=O) groups is 1. The number of anilines is 1. The first-order valence-electron chi connectivity index (χ1n) is 5.19. The van der Waals surface area contributed by atoms with Crippen LogP contribution in [0.25, 0.3) is 0 Å². The molecule has 98 valence electrons. The van der Waals surface area contributed by atoms with Crippen LogP contribution < -0.4 is 5.32 Å². The van der Waals surface area contributed by atoms with Gasteiger partial charge in [-0.05, 0) is 46.3 Å². The lowest BCUT2D eigenvalue weighted by Gasteiger charge is -2.08. The van der Waals surface area contributed by atoms with Gasteiger partial charge in [0.15, 0.2) is 11.6 Å². The third kappa shape index (κ3) is 2.96. The maximum atomic E-state index is 13.4. The zero-order chi connectivity index (χ0) is 14.0. The molecule has 0 saturated carbocycles. The van der Waals surface area contributed by atoms with Crippen LogP contribution in [0.3, 0.4) is 0 Å². The van der Waals surface area contributed by atoms with E-state index in [0.29, 0.717) is 0 Å². The van der Waals surface area contributed by atoms with Gasteiger partial charge in [-0.3, -0.25) is 4.79 Å². The van der Waals surface area contributed by atoms with Crippen LogP contribution in [0, 0.1) is 17.5 Å². The molecule has 2 nitrogen and oxygen atoms in total. The van der Waals surface area contributed by atoms with Gasteiger partial charge in [0.2, 0.25) is 0 Å². The quantitative estimate of drug-likeness (QED) is 0.882. The fourth-order valence-electron chi connectivity index (χ4n) is 1.46. The normalized spacial score (nSPS) is 10.3. The van der Waals surface area contributed by atoms with E-state index in [4.69, 9.17) is 0 Å². The number of nitrogens with one attached hydrogen (secondary N) is 1. The maximum absolute atomic E-state index is 13.4. The van der Waals surface area contributed by atoms with Gasteiger partial charge in [-0.2, -0.15) is 0 Å². The summed E-state index contributed by atoms with van der Waals surface area (Å²) in [6.45, 7) is 0. The molecule has 0 aliphatic heterocycles. The van der Waals surface area contributed by atoms with Crippen LogP contribution in [-0.4, -0.2) is 5.91 Å². The Kier molecular flexibility index (Phi) is 3.90. The molecule has 0 aliphatic rings. The van der Waals surface area contributed by atoms with Crippen molar-refractivity contribution in [2.45, 2.75) is 0 Å². The van der Waals surface area contributed by atoms with Crippen molar-refractivity contribution in [3.8, 4) is 0 Å². The summed E-state index contributed by atoms with van der Waals surface area (Å²) >= 11 is 3.03. The van der Waals surface area contributed by atoms with E-state index in [1.165, 1.54) is 18.2 Å². The predicted octanol–water partition coefficient (Wildman–Crippen LogP) is 4.12. The molecule has 6 heteroatoms. The molecule has 1 amide bonds. The Morgan fingerprint density at radius 3 is 2.53 bits per heavy atom. The Bertz CT molecular complexity index is 646. The highest BCUT2D eigenvalue weighted by Crippen LogP contribution is 2.21. The second kappa shape index (κ2) is 5.44. The summed E-state index contributed by atoms with van der Waals surface area (Å²) in [6.07, 6.45) is 0. The highest BCUT2D eigenvalue weighted by Gasteiger charge is 2.14. The van der Waals surface area contributed by atoms with Crippen LogP contribution >= 0.6 is 15.9 Å². The van der Waals surface area contributed by atoms with E-state index in [2.05, 4.69) is 21.2 Å². The van der Waals surface area contributed by atoms with Gasteiger partial charge in [-0.25, -0.2) is 13.2 Å². The number of hydrogen-bond donors (Lipinski definition) is 1. The fraction of sp³-hybridized carbons (Fsp3) is 0. The minimum absolute atomic E-state index is 0.116. The molecule has 0 fully saturated rings. The van der Waals surface area contributed by atoms with Crippen LogP contribution in [0.5, 0.6) is 0 Å². The molecule has 0 bridgehead atoms. The fourth-order valence-corrected chi connectivity index (χ4v) is 1.99. The Labute approximate surface area is 115 Å². The number of halogens is 4. The lowest BCUT2D eigenvalue weighted by Crippen LogP contribution is -2.14. The molecular weight excluding hydrogens is 323 g/mol. The molecule has 2 aromatic carbocycles. The standard InChI is InChI=1S/C13H7BrF3NO/c14-9-6-7(15)4-5-8(9)13(19)18-11-3-1-2-10(16)12(11)17/h1-6H,(H,18,19).